The smallest absolute Gasteiger partial charge is 0.387 e. The Labute approximate surface area is 107 Å². The fourth-order valence-corrected chi connectivity index (χ4v) is 1.51. The highest BCUT2D eigenvalue weighted by Gasteiger charge is 2.06. The van der Waals surface area contributed by atoms with Crippen LogP contribution in [0.2, 0.25) is 0 Å². The molecule has 0 bridgehead atoms. The zero-order chi connectivity index (χ0) is 13.8. The highest BCUT2D eigenvalue weighted by atomic mass is 19.3. The maximum atomic E-state index is 12.0. The highest BCUT2D eigenvalue weighted by Crippen LogP contribution is 2.20. The van der Waals surface area contributed by atoms with Crippen LogP contribution in [-0.4, -0.2) is 22.7 Å². The van der Waals surface area contributed by atoms with Crippen LogP contribution in [0.25, 0.3) is 11.3 Å². The van der Waals surface area contributed by atoms with E-state index in [9.17, 15) is 13.6 Å². The van der Waals surface area contributed by atoms with Gasteiger partial charge >= 0.3 is 12.6 Å². The number of hydrogen-bond acceptors (Lipinski definition) is 3. The number of aromatic carboxylic acids is 1. The van der Waals surface area contributed by atoms with Crippen molar-refractivity contribution < 1.29 is 23.4 Å². The largest absolute Gasteiger partial charge is 0.478 e. The van der Waals surface area contributed by atoms with Crippen molar-refractivity contribution in [3.05, 3.63) is 48.2 Å². The van der Waals surface area contributed by atoms with Crippen LogP contribution in [0.5, 0.6) is 5.75 Å². The van der Waals surface area contributed by atoms with Gasteiger partial charge in [0.15, 0.2) is 0 Å². The summed E-state index contributed by atoms with van der Waals surface area (Å²) in [5.41, 5.74) is 1.40. The molecule has 19 heavy (non-hydrogen) atoms. The summed E-state index contributed by atoms with van der Waals surface area (Å²) >= 11 is 0. The van der Waals surface area contributed by atoms with E-state index in [4.69, 9.17) is 5.11 Å². The SMILES string of the molecule is O=C(O)c1ccc(-c2ccc(OC(F)F)cn2)cc1. The quantitative estimate of drug-likeness (QED) is 0.923. The van der Waals surface area contributed by atoms with Crippen molar-refractivity contribution in [3.8, 4) is 17.0 Å². The summed E-state index contributed by atoms with van der Waals surface area (Å²) in [6, 6.07) is 8.98. The van der Waals surface area contributed by atoms with Crippen LogP contribution >= 0.6 is 0 Å². The standard InChI is InChI=1S/C13H9F2NO3/c14-13(15)19-10-5-6-11(16-7-10)8-1-3-9(4-2-8)12(17)18/h1-7,13H,(H,17,18). The van der Waals surface area contributed by atoms with E-state index < -0.39 is 12.6 Å². The van der Waals surface area contributed by atoms with Gasteiger partial charge < -0.3 is 9.84 Å². The number of carboxylic acids is 1. The van der Waals surface area contributed by atoms with Gasteiger partial charge in [-0.25, -0.2) is 4.79 Å². The lowest BCUT2D eigenvalue weighted by Gasteiger charge is -2.05. The Hall–Kier alpha value is -2.50. The average Bonchev–Trinajstić information content (AvgIpc) is 2.39. The topological polar surface area (TPSA) is 59.4 Å². The number of benzene rings is 1. The molecule has 6 heteroatoms. The summed E-state index contributed by atoms with van der Waals surface area (Å²) < 4.78 is 28.1. The van der Waals surface area contributed by atoms with E-state index in [1.807, 2.05) is 0 Å². The molecule has 0 amide bonds. The normalized spacial score (nSPS) is 10.5. The van der Waals surface area contributed by atoms with E-state index in [2.05, 4.69) is 9.72 Å². The number of hydrogen-bond donors (Lipinski definition) is 1. The molecule has 0 fully saturated rings. The maximum Gasteiger partial charge on any atom is 0.387 e. The molecule has 0 spiro atoms. The Bertz CT molecular complexity index is 567. The van der Waals surface area contributed by atoms with Crippen molar-refractivity contribution in [2.45, 2.75) is 6.61 Å². The Morgan fingerprint density at radius 1 is 1.16 bits per heavy atom. The number of pyridine rings is 1. The summed E-state index contributed by atoms with van der Waals surface area (Å²) in [6.07, 6.45) is 1.19. The van der Waals surface area contributed by atoms with E-state index in [-0.39, 0.29) is 11.3 Å². The van der Waals surface area contributed by atoms with Gasteiger partial charge in [-0.15, -0.1) is 0 Å². The van der Waals surface area contributed by atoms with Gasteiger partial charge in [-0.05, 0) is 24.3 Å². The predicted molar refractivity (Wildman–Crippen MR) is 63.3 cm³/mol. The number of carboxylic acid groups (broad SMARTS) is 1. The summed E-state index contributed by atoms with van der Waals surface area (Å²) in [5.74, 6) is -1.04. The zero-order valence-electron chi connectivity index (χ0n) is 9.59. The Balaban J connectivity index is 2.19. The van der Waals surface area contributed by atoms with Crippen molar-refractivity contribution in [1.82, 2.24) is 4.98 Å². The Kier molecular flexibility index (Phi) is 3.70. The summed E-state index contributed by atoms with van der Waals surface area (Å²) in [5, 5.41) is 8.76. The van der Waals surface area contributed by atoms with Crippen molar-refractivity contribution >= 4 is 5.97 Å². The molecule has 2 rings (SSSR count). The molecule has 0 radical (unpaired) electrons. The molecule has 4 nitrogen and oxygen atoms in total. The molecular weight excluding hydrogens is 256 g/mol. The minimum absolute atomic E-state index is 0.0269. The van der Waals surface area contributed by atoms with Crippen molar-refractivity contribution in [2.75, 3.05) is 0 Å². The first-order valence-corrected chi connectivity index (χ1v) is 5.31. The molecule has 1 aromatic carbocycles. The molecule has 0 saturated carbocycles. The van der Waals surface area contributed by atoms with Crippen LogP contribution in [0.15, 0.2) is 42.6 Å². The second-order valence-corrected chi connectivity index (χ2v) is 3.64. The third-order valence-corrected chi connectivity index (χ3v) is 2.39. The lowest BCUT2D eigenvalue weighted by Crippen LogP contribution is -2.02. The lowest BCUT2D eigenvalue weighted by atomic mass is 10.1. The number of carbonyl (C=O) groups is 1. The molecule has 0 aliphatic carbocycles. The Morgan fingerprint density at radius 2 is 1.84 bits per heavy atom. The number of alkyl halides is 2. The molecular formula is C13H9F2NO3. The van der Waals surface area contributed by atoms with Crippen LogP contribution in [0.3, 0.4) is 0 Å². The van der Waals surface area contributed by atoms with Crippen LogP contribution in [0, 0.1) is 0 Å². The lowest BCUT2D eigenvalue weighted by molar-refractivity contribution is -0.0500. The zero-order valence-corrected chi connectivity index (χ0v) is 9.59. The summed E-state index contributed by atoms with van der Waals surface area (Å²) in [6.45, 7) is -2.89. The third-order valence-electron chi connectivity index (χ3n) is 2.39. The van der Waals surface area contributed by atoms with Crippen molar-refractivity contribution in [2.24, 2.45) is 0 Å². The van der Waals surface area contributed by atoms with E-state index in [0.29, 0.717) is 11.3 Å². The molecule has 1 N–H and O–H groups in total. The first-order chi connectivity index (χ1) is 9.06. The second kappa shape index (κ2) is 5.43. The van der Waals surface area contributed by atoms with Gasteiger partial charge in [-0.3, -0.25) is 4.98 Å². The summed E-state index contributed by atoms with van der Waals surface area (Å²) in [7, 11) is 0. The molecule has 1 heterocycles. The van der Waals surface area contributed by atoms with E-state index in [0.717, 1.165) is 0 Å². The summed E-state index contributed by atoms with van der Waals surface area (Å²) in [4.78, 5) is 14.7. The number of halogens is 2. The monoisotopic (exact) mass is 265 g/mol. The van der Waals surface area contributed by atoms with Crippen LogP contribution in [-0.2, 0) is 0 Å². The molecule has 0 atom stereocenters. The molecule has 0 unspecified atom stereocenters. The number of nitrogens with zero attached hydrogens (tertiary/aromatic N) is 1. The fourth-order valence-electron chi connectivity index (χ4n) is 1.51. The van der Waals surface area contributed by atoms with E-state index in [1.54, 1.807) is 12.1 Å². The predicted octanol–water partition coefficient (Wildman–Crippen LogP) is 3.05. The van der Waals surface area contributed by atoms with E-state index >= 15 is 0 Å². The van der Waals surface area contributed by atoms with Gasteiger partial charge in [0.1, 0.15) is 5.75 Å². The molecule has 1 aromatic heterocycles. The first kappa shape index (κ1) is 12.9. The molecule has 0 aliphatic rings. The van der Waals surface area contributed by atoms with Gasteiger partial charge in [0, 0.05) is 5.56 Å². The van der Waals surface area contributed by atoms with Crippen LogP contribution < -0.4 is 4.74 Å². The molecule has 98 valence electrons. The third kappa shape index (κ3) is 3.25. The average molecular weight is 265 g/mol. The van der Waals surface area contributed by atoms with Gasteiger partial charge in [0.2, 0.25) is 0 Å². The highest BCUT2D eigenvalue weighted by molar-refractivity contribution is 5.88. The van der Waals surface area contributed by atoms with E-state index in [1.165, 1.54) is 30.5 Å². The number of aromatic nitrogens is 1. The van der Waals surface area contributed by atoms with Crippen molar-refractivity contribution in [3.63, 3.8) is 0 Å². The van der Waals surface area contributed by atoms with Crippen LogP contribution in [0.4, 0.5) is 8.78 Å². The number of rotatable bonds is 4. The maximum absolute atomic E-state index is 12.0. The molecule has 2 aromatic rings. The van der Waals surface area contributed by atoms with Gasteiger partial charge in [-0.1, -0.05) is 12.1 Å². The Morgan fingerprint density at radius 3 is 2.32 bits per heavy atom. The first-order valence-electron chi connectivity index (χ1n) is 5.31. The second-order valence-electron chi connectivity index (χ2n) is 3.64. The number of ether oxygens (including phenoxy) is 1. The van der Waals surface area contributed by atoms with Gasteiger partial charge in [0.25, 0.3) is 0 Å². The minimum Gasteiger partial charge on any atom is -0.478 e. The van der Waals surface area contributed by atoms with Crippen LogP contribution in [0.1, 0.15) is 10.4 Å². The van der Waals surface area contributed by atoms with Crippen molar-refractivity contribution in [1.29, 1.82) is 0 Å². The van der Waals surface area contributed by atoms with Gasteiger partial charge in [-0.2, -0.15) is 8.78 Å². The van der Waals surface area contributed by atoms with Gasteiger partial charge in [0.05, 0.1) is 17.5 Å². The minimum atomic E-state index is -2.89. The molecule has 0 saturated heterocycles. The fraction of sp³-hybridized carbons (Fsp3) is 0.0769. The molecule has 0 aliphatic heterocycles.